The lowest BCUT2D eigenvalue weighted by molar-refractivity contribution is 0.0963. The molecular weight excluding hydrogens is 252 g/mol. The lowest BCUT2D eigenvalue weighted by Crippen LogP contribution is -2.29. The fourth-order valence-electron chi connectivity index (χ4n) is 1.51. The van der Waals surface area contributed by atoms with Gasteiger partial charge in [0.2, 0.25) is 0 Å². The van der Waals surface area contributed by atoms with Crippen molar-refractivity contribution in [2.75, 3.05) is 19.5 Å². The third-order valence-corrected chi connectivity index (χ3v) is 3.24. The number of hydrogen-bond donors (Lipinski definition) is 2. The maximum Gasteiger partial charge on any atom is 0.252 e. The highest BCUT2D eigenvalue weighted by Gasteiger charge is 2.13. The maximum atomic E-state index is 11.6. The fraction of sp³-hybridized carbons (Fsp3) is 0.462. The molecule has 2 N–H and O–H groups in total. The second-order valence-corrected chi connectivity index (χ2v) is 4.55. The highest BCUT2D eigenvalue weighted by Crippen LogP contribution is 2.21. The number of anilines is 1. The van der Waals surface area contributed by atoms with E-state index >= 15 is 0 Å². The van der Waals surface area contributed by atoms with E-state index in [-0.39, 0.29) is 18.1 Å². The molecule has 1 amide bonds. The third-order valence-electron chi connectivity index (χ3n) is 2.91. The Balaban J connectivity index is 2.88. The third kappa shape index (κ3) is 3.62. The Bertz CT molecular complexity index is 423. The van der Waals surface area contributed by atoms with Crippen LogP contribution < -0.4 is 10.6 Å². The quantitative estimate of drug-likeness (QED) is 0.864. The van der Waals surface area contributed by atoms with Crippen molar-refractivity contribution in [2.45, 2.75) is 26.0 Å². The minimum absolute atomic E-state index is 0.0733. The summed E-state index contributed by atoms with van der Waals surface area (Å²) in [4.78, 5) is 11.6. The summed E-state index contributed by atoms with van der Waals surface area (Å²) >= 11 is 5.98. The molecule has 0 heterocycles. The molecule has 0 aliphatic heterocycles. The molecule has 0 aromatic heterocycles. The smallest absolute Gasteiger partial charge is 0.252 e. The minimum atomic E-state index is -0.198. The Hall–Kier alpha value is -1.26. The Morgan fingerprint density at radius 1 is 1.39 bits per heavy atom. The van der Waals surface area contributed by atoms with E-state index in [9.17, 15) is 4.79 Å². The van der Waals surface area contributed by atoms with Crippen LogP contribution in [-0.4, -0.2) is 32.2 Å². The van der Waals surface area contributed by atoms with Crippen LogP contribution in [0.4, 0.5) is 5.69 Å². The highest BCUT2D eigenvalue weighted by atomic mass is 35.5. The number of benzene rings is 1. The molecule has 0 spiro atoms. The van der Waals surface area contributed by atoms with E-state index in [1.165, 1.54) is 0 Å². The van der Waals surface area contributed by atoms with Gasteiger partial charge in [0.05, 0.1) is 16.7 Å². The van der Waals surface area contributed by atoms with Crippen LogP contribution >= 0.6 is 11.6 Å². The van der Waals surface area contributed by atoms with Gasteiger partial charge in [0, 0.05) is 25.9 Å². The molecule has 18 heavy (non-hydrogen) atoms. The second-order valence-electron chi connectivity index (χ2n) is 4.15. The van der Waals surface area contributed by atoms with Gasteiger partial charge >= 0.3 is 0 Å². The van der Waals surface area contributed by atoms with Gasteiger partial charge < -0.3 is 15.4 Å². The summed E-state index contributed by atoms with van der Waals surface area (Å²) < 4.78 is 5.24. The molecule has 0 fully saturated rings. The summed E-state index contributed by atoms with van der Waals surface area (Å²) in [6, 6.07) is 5.42. The van der Waals surface area contributed by atoms with Crippen molar-refractivity contribution in [1.29, 1.82) is 0 Å². The number of rotatable bonds is 5. The van der Waals surface area contributed by atoms with Crippen LogP contribution in [-0.2, 0) is 4.74 Å². The maximum absolute atomic E-state index is 11.6. The van der Waals surface area contributed by atoms with E-state index in [2.05, 4.69) is 10.6 Å². The predicted molar refractivity (Wildman–Crippen MR) is 74.4 cm³/mol. The molecule has 0 saturated carbocycles. The first-order valence-electron chi connectivity index (χ1n) is 5.80. The van der Waals surface area contributed by atoms with Crippen LogP contribution in [0.5, 0.6) is 0 Å². The van der Waals surface area contributed by atoms with Gasteiger partial charge in [0.25, 0.3) is 5.91 Å². The van der Waals surface area contributed by atoms with Crippen LogP contribution in [0.25, 0.3) is 0 Å². The summed E-state index contributed by atoms with van der Waals surface area (Å²) in [7, 11) is 3.25. The van der Waals surface area contributed by atoms with Gasteiger partial charge in [-0.05, 0) is 32.0 Å². The van der Waals surface area contributed by atoms with Gasteiger partial charge in [-0.2, -0.15) is 0 Å². The molecule has 0 bridgehead atoms. The van der Waals surface area contributed by atoms with Gasteiger partial charge in [-0.3, -0.25) is 4.79 Å². The number of amides is 1. The van der Waals surface area contributed by atoms with E-state index in [0.717, 1.165) is 5.69 Å². The van der Waals surface area contributed by atoms with Crippen LogP contribution in [0.2, 0.25) is 5.02 Å². The lowest BCUT2D eigenvalue weighted by atomic mass is 10.1. The molecule has 0 saturated heterocycles. The van der Waals surface area contributed by atoms with Gasteiger partial charge in [0.1, 0.15) is 0 Å². The van der Waals surface area contributed by atoms with Crippen molar-refractivity contribution in [1.82, 2.24) is 5.32 Å². The first-order chi connectivity index (χ1) is 8.49. The molecular formula is C13H19ClN2O2. The molecule has 1 rings (SSSR count). The number of carbonyl (C=O) groups is 1. The van der Waals surface area contributed by atoms with E-state index in [1.54, 1.807) is 26.3 Å². The molecule has 0 radical (unpaired) electrons. The van der Waals surface area contributed by atoms with Gasteiger partial charge in [-0.1, -0.05) is 11.6 Å². The number of carbonyl (C=O) groups excluding carboxylic acids is 1. The molecule has 100 valence electrons. The summed E-state index contributed by atoms with van der Waals surface area (Å²) in [6.07, 6.45) is 0.0733. The van der Waals surface area contributed by atoms with E-state index in [1.807, 2.05) is 19.9 Å². The van der Waals surface area contributed by atoms with Gasteiger partial charge in [0.15, 0.2) is 0 Å². The number of nitrogens with one attached hydrogen (secondary N) is 2. The van der Waals surface area contributed by atoms with Crippen molar-refractivity contribution >= 4 is 23.2 Å². The number of ether oxygens (including phenoxy) is 1. The molecule has 2 unspecified atom stereocenters. The van der Waals surface area contributed by atoms with Gasteiger partial charge in [-0.15, -0.1) is 0 Å². The lowest BCUT2D eigenvalue weighted by Gasteiger charge is -2.21. The van der Waals surface area contributed by atoms with E-state index < -0.39 is 0 Å². The Morgan fingerprint density at radius 3 is 2.61 bits per heavy atom. The molecule has 0 aliphatic carbocycles. The van der Waals surface area contributed by atoms with Crippen LogP contribution in [0.3, 0.4) is 0 Å². The number of methoxy groups -OCH3 is 1. The van der Waals surface area contributed by atoms with Crippen LogP contribution in [0.1, 0.15) is 24.2 Å². The zero-order valence-corrected chi connectivity index (χ0v) is 11.8. The Kier molecular flexibility index (Phi) is 5.44. The monoisotopic (exact) mass is 270 g/mol. The first-order valence-corrected chi connectivity index (χ1v) is 6.18. The van der Waals surface area contributed by atoms with Crippen LogP contribution in [0, 0.1) is 0 Å². The van der Waals surface area contributed by atoms with Gasteiger partial charge in [-0.25, -0.2) is 0 Å². The molecule has 5 heteroatoms. The molecule has 2 atom stereocenters. The summed E-state index contributed by atoms with van der Waals surface area (Å²) in [6.45, 7) is 4.00. The van der Waals surface area contributed by atoms with Crippen molar-refractivity contribution < 1.29 is 9.53 Å². The fourth-order valence-corrected chi connectivity index (χ4v) is 1.71. The average Bonchev–Trinajstić information content (AvgIpc) is 2.38. The van der Waals surface area contributed by atoms with E-state index in [4.69, 9.17) is 16.3 Å². The highest BCUT2D eigenvalue weighted by molar-refractivity contribution is 6.34. The van der Waals surface area contributed by atoms with Crippen molar-refractivity contribution in [3.63, 3.8) is 0 Å². The van der Waals surface area contributed by atoms with Crippen molar-refractivity contribution in [2.24, 2.45) is 0 Å². The zero-order valence-electron chi connectivity index (χ0n) is 11.1. The van der Waals surface area contributed by atoms with Crippen LogP contribution in [0.15, 0.2) is 18.2 Å². The Morgan fingerprint density at radius 2 is 2.06 bits per heavy atom. The number of halogens is 1. The molecule has 4 nitrogen and oxygen atoms in total. The Labute approximate surface area is 113 Å². The zero-order chi connectivity index (χ0) is 13.7. The largest absolute Gasteiger partial charge is 0.380 e. The first kappa shape index (κ1) is 14.8. The topological polar surface area (TPSA) is 50.4 Å². The van der Waals surface area contributed by atoms with E-state index in [0.29, 0.717) is 10.6 Å². The molecule has 0 aliphatic rings. The standard InChI is InChI=1S/C13H19ClN2O2/c1-8(9(2)18-4)16-10-5-6-12(14)11(7-10)13(17)15-3/h5-9,16H,1-4H3,(H,15,17). The molecule has 1 aromatic rings. The van der Waals surface area contributed by atoms with Crippen molar-refractivity contribution in [3.8, 4) is 0 Å². The summed E-state index contributed by atoms with van der Waals surface area (Å²) in [5.41, 5.74) is 1.30. The normalized spacial score (nSPS) is 13.8. The summed E-state index contributed by atoms with van der Waals surface area (Å²) in [5, 5.41) is 6.27. The average molecular weight is 271 g/mol. The minimum Gasteiger partial charge on any atom is -0.380 e. The molecule has 1 aromatic carbocycles. The second kappa shape index (κ2) is 6.61. The van der Waals surface area contributed by atoms with Crippen molar-refractivity contribution in [3.05, 3.63) is 28.8 Å². The predicted octanol–water partition coefficient (Wildman–Crippen LogP) is 2.53. The number of hydrogen-bond acceptors (Lipinski definition) is 3. The summed E-state index contributed by atoms with van der Waals surface area (Å²) in [5.74, 6) is -0.198. The SMILES string of the molecule is CNC(=O)c1cc(NC(C)C(C)OC)ccc1Cl.